The highest BCUT2D eigenvalue weighted by Gasteiger charge is 2.34. The van der Waals surface area contributed by atoms with E-state index >= 15 is 0 Å². The molecule has 13 heteroatoms. The highest BCUT2D eigenvalue weighted by atomic mass is 32.1. The van der Waals surface area contributed by atoms with Crippen LogP contribution in [-0.2, 0) is 18.3 Å². The Labute approximate surface area is 235 Å². The molecule has 0 aliphatic carbocycles. The predicted molar refractivity (Wildman–Crippen MR) is 149 cm³/mol. The molecule has 0 bridgehead atoms. The zero-order chi connectivity index (χ0) is 28.4. The first-order chi connectivity index (χ1) is 19.3. The van der Waals surface area contributed by atoms with Crippen molar-refractivity contribution in [2.75, 3.05) is 25.6 Å². The van der Waals surface area contributed by atoms with Crippen molar-refractivity contribution in [3.8, 4) is 16.3 Å². The number of hydrogen-bond acceptors (Lipinski definition) is 9. The molecule has 0 spiro atoms. The van der Waals surface area contributed by atoms with Gasteiger partial charge in [0.1, 0.15) is 23.4 Å². The van der Waals surface area contributed by atoms with Crippen molar-refractivity contribution in [3.63, 3.8) is 0 Å². The molecule has 0 saturated heterocycles. The van der Waals surface area contributed by atoms with E-state index in [0.29, 0.717) is 35.7 Å². The van der Waals surface area contributed by atoms with Crippen molar-refractivity contribution >= 4 is 34.9 Å². The third-order valence-corrected chi connectivity index (χ3v) is 7.94. The Hall–Kier alpha value is -4.36. The number of carbonyl (C=O) groups is 2. The average Bonchev–Trinajstić information content (AvgIpc) is 3.57. The maximum absolute atomic E-state index is 14.0. The van der Waals surface area contributed by atoms with Gasteiger partial charge in [0.05, 0.1) is 42.1 Å². The van der Waals surface area contributed by atoms with E-state index in [1.54, 1.807) is 49.2 Å². The van der Waals surface area contributed by atoms with Crippen molar-refractivity contribution < 1.29 is 25.2 Å². The molecule has 5 rings (SSSR count). The molecule has 4 aromatic rings. The van der Waals surface area contributed by atoms with Gasteiger partial charge in [0.2, 0.25) is 11.9 Å². The standard InChI is InChI=1S/C27H28FN7O4S.H2/c1-15(25(37)31-21(14-36)16-10-17(28)12-18(11-16)39-3)35-9-6-22-19(26(35)38)13-23(40-22)20-4-7-29-27(32-20)33-24-5-8-30-34(24)2;/h4-5,7-8,10-13,15,21,36H,6,9,14H2,1-3H3,(H,31,37)(H,29,32,33);1H/t15-,21-;/m1./s1. The Kier molecular flexibility index (Phi) is 7.76. The molecule has 2 amide bonds. The van der Waals surface area contributed by atoms with E-state index in [1.165, 1.54) is 35.5 Å². The number of aliphatic hydroxyl groups is 1. The number of amides is 2. The fourth-order valence-corrected chi connectivity index (χ4v) is 5.62. The van der Waals surface area contributed by atoms with Crippen LogP contribution >= 0.6 is 11.3 Å². The summed E-state index contributed by atoms with van der Waals surface area (Å²) < 4.78 is 20.8. The molecule has 1 aliphatic heterocycles. The quantitative estimate of drug-likeness (QED) is 0.281. The fraction of sp³-hybridized carbons (Fsp3) is 0.296. The molecule has 210 valence electrons. The molecule has 0 unspecified atom stereocenters. The van der Waals surface area contributed by atoms with Gasteiger partial charge in [-0.3, -0.25) is 14.3 Å². The van der Waals surface area contributed by atoms with E-state index in [9.17, 15) is 19.1 Å². The van der Waals surface area contributed by atoms with Crippen LogP contribution in [0.2, 0.25) is 0 Å². The topological polar surface area (TPSA) is 134 Å². The van der Waals surface area contributed by atoms with Crippen LogP contribution in [0, 0.1) is 5.82 Å². The van der Waals surface area contributed by atoms with Gasteiger partial charge in [-0.15, -0.1) is 11.3 Å². The molecular formula is C27H30FN7O4S. The molecular weight excluding hydrogens is 537 g/mol. The van der Waals surface area contributed by atoms with E-state index < -0.39 is 30.4 Å². The summed E-state index contributed by atoms with van der Waals surface area (Å²) in [5, 5.41) is 19.9. The van der Waals surface area contributed by atoms with Gasteiger partial charge in [-0.25, -0.2) is 14.4 Å². The third-order valence-electron chi connectivity index (χ3n) is 6.73. The smallest absolute Gasteiger partial charge is 0.255 e. The van der Waals surface area contributed by atoms with Gasteiger partial charge in [-0.1, -0.05) is 0 Å². The van der Waals surface area contributed by atoms with Crippen LogP contribution in [-0.4, -0.2) is 67.9 Å². The number of carbonyl (C=O) groups excluding carboxylic acids is 2. The Bertz CT molecular complexity index is 1560. The lowest BCUT2D eigenvalue weighted by molar-refractivity contribution is -0.126. The normalized spacial score (nSPS) is 14.4. The van der Waals surface area contributed by atoms with Crippen molar-refractivity contribution in [2.45, 2.75) is 25.4 Å². The first-order valence-corrected chi connectivity index (χ1v) is 13.4. The summed E-state index contributed by atoms with van der Waals surface area (Å²) in [6.07, 6.45) is 3.89. The summed E-state index contributed by atoms with van der Waals surface area (Å²) >= 11 is 1.49. The summed E-state index contributed by atoms with van der Waals surface area (Å²) in [5.74, 6) is 0.135. The number of ether oxygens (including phenoxy) is 1. The Morgan fingerprint density at radius 2 is 2.10 bits per heavy atom. The maximum Gasteiger partial charge on any atom is 0.255 e. The third kappa shape index (κ3) is 5.51. The summed E-state index contributed by atoms with van der Waals surface area (Å²) in [7, 11) is 3.21. The van der Waals surface area contributed by atoms with Gasteiger partial charge in [0, 0.05) is 44.6 Å². The number of fused-ring (bicyclic) bond motifs is 1. The van der Waals surface area contributed by atoms with E-state index in [2.05, 4.69) is 25.7 Å². The summed E-state index contributed by atoms with van der Waals surface area (Å²) in [4.78, 5) is 38.7. The molecule has 0 fully saturated rings. The van der Waals surface area contributed by atoms with Crippen LogP contribution in [0.3, 0.4) is 0 Å². The zero-order valence-electron chi connectivity index (χ0n) is 22.1. The first-order valence-electron chi connectivity index (χ1n) is 12.5. The number of aryl methyl sites for hydroxylation is 1. The molecule has 1 aromatic carbocycles. The minimum Gasteiger partial charge on any atom is -0.497 e. The molecule has 4 heterocycles. The van der Waals surface area contributed by atoms with E-state index in [1.807, 2.05) is 6.07 Å². The van der Waals surface area contributed by atoms with Gasteiger partial charge >= 0.3 is 0 Å². The zero-order valence-corrected chi connectivity index (χ0v) is 22.9. The number of aromatic nitrogens is 4. The monoisotopic (exact) mass is 567 g/mol. The van der Waals surface area contributed by atoms with Crippen LogP contribution < -0.4 is 15.4 Å². The van der Waals surface area contributed by atoms with Crippen LogP contribution in [0.4, 0.5) is 16.2 Å². The number of benzene rings is 1. The molecule has 1 aliphatic rings. The van der Waals surface area contributed by atoms with Crippen molar-refractivity contribution in [1.29, 1.82) is 0 Å². The van der Waals surface area contributed by atoms with Crippen molar-refractivity contribution in [3.05, 3.63) is 70.6 Å². The van der Waals surface area contributed by atoms with Crippen LogP contribution in [0.25, 0.3) is 10.6 Å². The number of hydrogen-bond donors (Lipinski definition) is 3. The first kappa shape index (κ1) is 27.2. The van der Waals surface area contributed by atoms with E-state index in [4.69, 9.17) is 4.74 Å². The Balaban J connectivity index is 0.00000387. The lowest BCUT2D eigenvalue weighted by Crippen LogP contribution is -2.51. The number of thiophene rings is 1. The molecule has 11 nitrogen and oxygen atoms in total. The fourth-order valence-electron chi connectivity index (χ4n) is 4.51. The van der Waals surface area contributed by atoms with Gasteiger partial charge in [-0.05, 0) is 36.8 Å². The predicted octanol–water partition coefficient (Wildman–Crippen LogP) is 3.31. The van der Waals surface area contributed by atoms with Crippen molar-refractivity contribution in [2.24, 2.45) is 7.05 Å². The van der Waals surface area contributed by atoms with Crippen LogP contribution in [0.15, 0.2) is 48.8 Å². The number of halogens is 1. The minimum atomic E-state index is -0.866. The minimum absolute atomic E-state index is 0. The molecule has 40 heavy (non-hydrogen) atoms. The second kappa shape index (κ2) is 11.4. The van der Waals surface area contributed by atoms with Gasteiger partial charge in [-0.2, -0.15) is 5.10 Å². The van der Waals surface area contributed by atoms with E-state index in [0.717, 1.165) is 15.6 Å². The van der Waals surface area contributed by atoms with Gasteiger partial charge < -0.3 is 25.4 Å². The average molecular weight is 568 g/mol. The Morgan fingerprint density at radius 1 is 1.27 bits per heavy atom. The molecule has 0 saturated carbocycles. The second-order valence-electron chi connectivity index (χ2n) is 9.27. The number of rotatable bonds is 9. The van der Waals surface area contributed by atoms with Crippen molar-refractivity contribution in [1.82, 2.24) is 30.0 Å². The Morgan fingerprint density at radius 3 is 2.83 bits per heavy atom. The summed E-state index contributed by atoms with van der Waals surface area (Å²) in [6, 6.07) is 7.68. The summed E-state index contributed by atoms with van der Waals surface area (Å²) in [5.41, 5.74) is 1.55. The molecule has 0 radical (unpaired) electrons. The molecule has 3 aromatic heterocycles. The summed E-state index contributed by atoms with van der Waals surface area (Å²) in [6.45, 7) is 1.54. The number of methoxy groups -OCH3 is 1. The highest BCUT2D eigenvalue weighted by Crippen LogP contribution is 2.35. The largest absolute Gasteiger partial charge is 0.497 e. The second-order valence-corrected chi connectivity index (χ2v) is 10.4. The van der Waals surface area contributed by atoms with Gasteiger partial charge in [0.15, 0.2) is 0 Å². The highest BCUT2D eigenvalue weighted by molar-refractivity contribution is 7.15. The number of nitrogens with zero attached hydrogens (tertiary/aromatic N) is 5. The number of nitrogens with one attached hydrogen (secondary N) is 2. The van der Waals surface area contributed by atoms with Gasteiger partial charge in [0.25, 0.3) is 5.91 Å². The maximum atomic E-state index is 14.0. The van der Waals surface area contributed by atoms with E-state index in [-0.39, 0.29) is 13.1 Å². The number of anilines is 2. The lowest BCUT2D eigenvalue weighted by atomic mass is 10.0. The SMILES string of the molecule is COc1cc(F)cc([C@@H](CO)NC(=O)[C@@H](C)N2CCc3sc(-c4ccnc(Nc5ccnn5C)n4)cc3C2=O)c1.[HH]. The lowest BCUT2D eigenvalue weighted by Gasteiger charge is -2.32. The van der Waals surface area contributed by atoms with Crippen LogP contribution in [0.5, 0.6) is 5.75 Å². The number of aliphatic hydroxyl groups excluding tert-OH is 1. The molecule has 3 N–H and O–H groups in total. The van der Waals surface area contributed by atoms with Crippen LogP contribution in [0.1, 0.15) is 35.2 Å². The molecule has 2 atom stereocenters.